The van der Waals surface area contributed by atoms with Gasteiger partial charge in [0, 0.05) is 11.1 Å². The second-order valence-corrected chi connectivity index (χ2v) is 5.04. The van der Waals surface area contributed by atoms with E-state index in [4.69, 9.17) is 9.47 Å². The fraction of sp³-hybridized carbons (Fsp3) is 0.263. The zero-order chi connectivity index (χ0) is 17.2. The van der Waals surface area contributed by atoms with Crippen molar-refractivity contribution in [3.63, 3.8) is 0 Å². The summed E-state index contributed by atoms with van der Waals surface area (Å²) in [5.41, 5.74) is 3.85. The van der Waals surface area contributed by atoms with Gasteiger partial charge < -0.3 is 9.47 Å². The van der Waals surface area contributed by atoms with Crippen LogP contribution in [0, 0.1) is 0 Å². The number of hydrazone groups is 1. The lowest BCUT2D eigenvalue weighted by Crippen LogP contribution is -2.17. The van der Waals surface area contributed by atoms with Crippen LogP contribution in [0.4, 0.5) is 0 Å². The summed E-state index contributed by atoms with van der Waals surface area (Å²) in [7, 11) is 0. The number of amides is 1. The summed E-state index contributed by atoms with van der Waals surface area (Å²) in [5.74, 6) is 1.21. The molecule has 0 saturated carbocycles. The summed E-state index contributed by atoms with van der Waals surface area (Å²) in [6.07, 6.45) is 2.51. The Balaban J connectivity index is 1.97. The van der Waals surface area contributed by atoms with Crippen molar-refractivity contribution < 1.29 is 14.3 Å². The van der Waals surface area contributed by atoms with E-state index < -0.39 is 0 Å². The van der Waals surface area contributed by atoms with Crippen molar-refractivity contribution in [3.8, 4) is 11.5 Å². The quantitative estimate of drug-likeness (QED) is 0.595. The van der Waals surface area contributed by atoms with Crippen LogP contribution in [0.1, 0.15) is 36.2 Å². The lowest BCUT2D eigenvalue weighted by Gasteiger charge is -2.07. The molecule has 1 amide bonds. The Morgan fingerprint density at radius 3 is 2.54 bits per heavy atom. The molecule has 2 aromatic carbocycles. The van der Waals surface area contributed by atoms with Crippen LogP contribution in [-0.4, -0.2) is 25.3 Å². The van der Waals surface area contributed by atoms with Gasteiger partial charge in [0.05, 0.1) is 19.4 Å². The fourth-order valence-corrected chi connectivity index (χ4v) is 2.02. The fourth-order valence-electron chi connectivity index (χ4n) is 2.02. The number of para-hydroxylation sites is 1. The van der Waals surface area contributed by atoms with Gasteiger partial charge >= 0.3 is 0 Å². The highest BCUT2D eigenvalue weighted by Gasteiger charge is 2.05. The number of hydrogen-bond acceptors (Lipinski definition) is 4. The van der Waals surface area contributed by atoms with E-state index in [1.54, 1.807) is 30.5 Å². The topological polar surface area (TPSA) is 59.9 Å². The Morgan fingerprint density at radius 2 is 1.83 bits per heavy atom. The Labute approximate surface area is 142 Å². The van der Waals surface area contributed by atoms with E-state index in [1.165, 1.54) is 0 Å². The van der Waals surface area contributed by atoms with Crippen LogP contribution < -0.4 is 14.9 Å². The average molecular weight is 326 g/mol. The molecule has 0 spiro atoms. The van der Waals surface area contributed by atoms with Gasteiger partial charge in [-0.15, -0.1) is 0 Å². The monoisotopic (exact) mass is 326 g/mol. The molecule has 5 nitrogen and oxygen atoms in total. The Bertz CT molecular complexity index is 681. The van der Waals surface area contributed by atoms with Crippen molar-refractivity contribution >= 4 is 12.1 Å². The second kappa shape index (κ2) is 9.35. The van der Waals surface area contributed by atoms with Crippen molar-refractivity contribution in [1.82, 2.24) is 5.43 Å². The molecule has 0 aliphatic rings. The number of hydrogen-bond donors (Lipinski definition) is 1. The van der Waals surface area contributed by atoms with E-state index in [2.05, 4.69) is 10.5 Å². The second-order valence-electron chi connectivity index (χ2n) is 5.04. The summed E-state index contributed by atoms with van der Waals surface area (Å²) in [4.78, 5) is 12.1. The molecule has 0 fully saturated rings. The van der Waals surface area contributed by atoms with Gasteiger partial charge in [-0.2, -0.15) is 5.10 Å². The highest BCUT2D eigenvalue weighted by molar-refractivity contribution is 5.95. The first kappa shape index (κ1) is 17.5. The van der Waals surface area contributed by atoms with E-state index in [-0.39, 0.29) is 5.91 Å². The van der Waals surface area contributed by atoms with Crippen LogP contribution in [0.5, 0.6) is 11.5 Å². The summed E-state index contributed by atoms with van der Waals surface area (Å²) in [6, 6.07) is 14.5. The molecule has 24 heavy (non-hydrogen) atoms. The molecular formula is C19H22N2O3. The summed E-state index contributed by atoms with van der Waals surface area (Å²) < 4.78 is 11.0. The number of rotatable bonds is 8. The molecule has 0 aliphatic heterocycles. The minimum absolute atomic E-state index is 0.277. The summed E-state index contributed by atoms with van der Waals surface area (Å²) in [6.45, 7) is 5.20. The summed E-state index contributed by atoms with van der Waals surface area (Å²) in [5, 5.41) is 4.01. The Morgan fingerprint density at radius 1 is 1.08 bits per heavy atom. The number of nitrogens with one attached hydrogen (secondary N) is 1. The molecule has 0 aromatic heterocycles. The van der Waals surface area contributed by atoms with Crippen LogP contribution in [0.25, 0.3) is 0 Å². The van der Waals surface area contributed by atoms with Crippen molar-refractivity contribution in [2.24, 2.45) is 5.10 Å². The molecule has 0 heterocycles. The molecular weight excluding hydrogens is 304 g/mol. The van der Waals surface area contributed by atoms with Crippen molar-refractivity contribution in [3.05, 3.63) is 59.7 Å². The number of ether oxygens (including phenoxy) is 2. The molecule has 1 N–H and O–H groups in total. The molecule has 0 saturated heterocycles. The molecule has 5 heteroatoms. The van der Waals surface area contributed by atoms with Crippen LogP contribution in [0.3, 0.4) is 0 Å². The van der Waals surface area contributed by atoms with E-state index in [0.717, 1.165) is 23.5 Å². The van der Waals surface area contributed by atoms with Gasteiger partial charge in [0.15, 0.2) is 0 Å². The van der Waals surface area contributed by atoms with Gasteiger partial charge in [-0.3, -0.25) is 4.79 Å². The molecule has 0 radical (unpaired) electrons. The number of nitrogens with zero attached hydrogens (tertiary/aromatic N) is 1. The van der Waals surface area contributed by atoms with Gasteiger partial charge in [-0.05, 0) is 49.7 Å². The summed E-state index contributed by atoms with van der Waals surface area (Å²) >= 11 is 0. The first-order valence-electron chi connectivity index (χ1n) is 8.02. The van der Waals surface area contributed by atoms with Crippen molar-refractivity contribution in [1.29, 1.82) is 0 Å². The SMILES string of the molecule is CCCOc1ccccc1/C=N/NC(=O)c1ccc(OCC)cc1. The highest BCUT2D eigenvalue weighted by Crippen LogP contribution is 2.16. The van der Waals surface area contributed by atoms with Gasteiger partial charge in [0.2, 0.25) is 0 Å². The normalized spacial score (nSPS) is 10.6. The van der Waals surface area contributed by atoms with Crippen LogP contribution in [0.15, 0.2) is 53.6 Å². The maximum absolute atomic E-state index is 12.1. The third kappa shape index (κ3) is 5.12. The lowest BCUT2D eigenvalue weighted by atomic mass is 10.2. The zero-order valence-electron chi connectivity index (χ0n) is 14.0. The van der Waals surface area contributed by atoms with Crippen LogP contribution >= 0.6 is 0 Å². The minimum atomic E-state index is -0.277. The molecule has 2 aromatic rings. The van der Waals surface area contributed by atoms with Crippen LogP contribution in [0.2, 0.25) is 0 Å². The van der Waals surface area contributed by atoms with Crippen LogP contribution in [-0.2, 0) is 0 Å². The van der Waals surface area contributed by atoms with Gasteiger partial charge in [0.1, 0.15) is 11.5 Å². The predicted molar refractivity (Wildman–Crippen MR) is 94.9 cm³/mol. The minimum Gasteiger partial charge on any atom is -0.494 e. The molecule has 0 atom stereocenters. The van der Waals surface area contributed by atoms with E-state index in [0.29, 0.717) is 18.8 Å². The maximum atomic E-state index is 12.1. The molecule has 126 valence electrons. The standard InChI is InChI=1S/C19H22N2O3/c1-3-13-24-18-8-6-5-7-16(18)14-20-21-19(22)15-9-11-17(12-10-15)23-4-2/h5-12,14H,3-4,13H2,1-2H3,(H,21,22)/b20-14+. The van der Waals surface area contributed by atoms with Crippen molar-refractivity contribution in [2.75, 3.05) is 13.2 Å². The van der Waals surface area contributed by atoms with Gasteiger partial charge in [-0.1, -0.05) is 19.1 Å². The highest BCUT2D eigenvalue weighted by atomic mass is 16.5. The molecule has 0 unspecified atom stereocenters. The maximum Gasteiger partial charge on any atom is 0.271 e. The third-order valence-corrected chi connectivity index (χ3v) is 3.18. The van der Waals surface area contributed by atoms with Gasteiger partial charge in [-0.25, -0.2) is 5.43 Å². The van der Waals surface area contributed by atoms with Crippen molar-refractivity contribution in [2.45, 2.75) is 20.3 Å². The number of benzene rings is 2. The third-order valence-electron chi connectivity index (χ3n) is 3.18. The number of carbonyl (C=O) groups excluding carboxylic acids is 1. The average Bonchev–Trinajstić information content (AvgIpc) is 2.61. The molecule has 2 rings (SSSR count). The molecule has 0 bridgehead atoms. The van der Waals surface area contributed by atoms with E-state index >= 15 is 0 Å². The lowest BCUT2D eigenvalue weighted by molar-refractivity contribution is 0.0955. The van der Waals surface area contributed by atoms with Gasteiger partial charge in [0.25, 0.3) is 5.91 Å². The number of carbonyl (C=O) groups is 1. The van der Waals surface area contributed by atoms with E-state index in [1.807, 2.05) is 38.1 Å². The smallest absolute Gasteiger partial charge is 0.271 e. The zero-order valence-corrected chi connectivity index (χ0v) is 14.0. The molecule has 0 aliphatic carbocycles. The van der Waals surface area contributed by atoms with E-state index in [9.17, 15) is 4.79 Å². The Hall–Kier alpha value is -2.82. The largest absolute Gasteiger partial charge is 0.494 e. The predicted octanol–water partition coefficient (Wildman–Crippen LogP) is 3.64. The first-order chi connectivity index (χ1) is 11.7. The Kier molecular flexibility index (Phi) is 6.83. The first-order valence-corrected chi connectivity index (χ1v) is 8.02.